The van der Waals surface area contributed by atoms with E-state index >= 15 is 0 Å². The van der Waals surface area contributed by atoms with E-state index in [0.717, 1.165) is 11.3 Å². The van der Waals surface area contributed by atoms with Crippen LogP contribution in [-0.4, -0.2) is 11.1 Å². The number of benzene rings is 1. The van der Waals surface area contributed by atoms with Gasteiger partial charge in [-0.15, -0.1) is 0 Å². The van der Waals surface area contributed by atoms with Gasteiger partial charge in [0, 0.05) is 11.7 Å². The Hall–Kier alpha value is -1.02. The van der Waals surface area contributed by atoms with E-state index in [1.54, 1.807) is 0 Å². The van der Waals surface area contributed by atoms with E-state index in [2.05, 4.69) is 31.3 Å². The van der Waals surface area contributed by atoms with Gasteiger partial charge in [-0.25, -0.2) is 0 Å². The number of unbranched alkanes of at least 4 members (excludes halogenated alkanes) is 4. The lowest BCUT2D eigenvalue weighted by Gasteiger charge is -2.20. The van der Waals surface area contributed by atoms with Gasteiger partial charge in [0.05, 0.1) is 6.61 Å². The van der Waals surface area contributed by atoms with Crippen molar-refractivity contribution in [2.45, 2.75) is 77.9 Å². The molecule has 0 aliphatic carbocycles. The Labute approximate surface area is 124 Å². The van der Waals surface area contributed by atoms with Crippen molar-refractivity contribution in [1.82, 2.24) is 0 Å². The molecule has 0 radical (unpaired) electrons. The molecule has 0 bridgehead atoms. The summed E-state index contributed by atoms with van der Waals surface area (Å²) < 4.78 is 0. The average Bonchev–Trinajstić information content (AvgIpc) is 2.47. The van der Waals surface area contributed by atoms with Crippen LogP contribution in [0.5, 0.6) is 0 Å². The normalized spacial score (nSPS) is 11.0. The number of hydrogen-bond acceptors (Lipinski definition) is 2. The molecule has 1 rings (SSSR count). The second-order valence-electron chi connectivity index (χ2n) is 5.69. The minimum Gasteiger partial charge on any atom is -0.392 e. The fourth-order valence-corrected chi connectivity index (χ4v) is 2.57. The molecule has 0 fully saturated rings. The predicted octanol–water partition coefficient (Wildman–Crippen LogP) is 5.12. The maximum absolute atomic E-state index is 9.22. The predicted molar refractivity (Wildman–Crippen MR) is 88.1 cm³/mol. The van der Waals surface area contributed by atoms with Crippen LogP contribution < -0.4 is 5.32 Å². The molecule has 0 aliphatic heterocycles. The first-order valence-corrected chi connectivity index (χ1v) is 8.26. The van der Waals surface area contributed by atoms with Crippen molar-refractivity contribution in [1.29, 1.82) is 0 Å². The smallest absolute Gasteiger partial charge is 0.0682 e. The fourth-order valence-electron chi connectivity index (χ4n) is 2.57. The van der Waals surface area contributed by atoms with Gasteiger partial charge >= 0.3 is 0 Å². The second-order valence-corrected chi connectivity index (χ2v) is 5.69. The lowest BCUT2D eigenvalue weighted by molar-refractivity contribution is 0.282. The van der Waals surface area contributed by atoms with Crippen LogP contribution >= 0.6 is 0 Å². The van der Waals surface area contributed by atoms with Crippen LogP contribution in [0.2, 0.25) is 0 Å². The molecule has 20 heavy (non-hydrogen) atoms. The number of aliphatic hydroxyl groups excluding tert-OH is 1. The van der Waals surface area contributed by atoms with Gasteiger partial charge in [0.1, 0.15) is 0 Å². The molecule has 0 aromatic heterocycles. The molecule has 2 nitrogen and oxygen atoms in total. The van der Waals surface area contributed by atoms with E-state index in [1.807, 2.05) is 12.1 Å². The van der Waals surface area contributed by atoms with Crippen LogP contribution in [0.25, 0.3) is 0 Å². The van der Waals surface area contributed by atoms with E-state index in [0.29, 0.717) is 6.04 Å². The average molecular weight is 277 g/mol. The quantitative estimate of drug-likeness (QED) is 0.550. The Balaban J connectivity index is 2.51. The largest absolute Gasteiger partial charge is 0.392 e. The van der Waals surface area contributed by atoms with Gasteiger partial charge in [-0.1, -0.05) is 64.5 Å². The summed E-state index contributed by atoms with van der Waals surface area (Å²) in [6.45, 7) is 4.63. The van der Waals surface area contributed by atoms with Crippen LogP contribution in [0.15, 0.2) is 24.3 Å². The van der Waals surface area contributed by atoms with Gasteiger partial charge in [-0.3, -0.25) is 0 Å². The molecule has 114 valence electrons. The van der Waals surface area contributed by atoms with Crippen molar-refractivity contribution >= 4 is 5.69 Å². The van der Waals surface area contributed by atoms with E-state index < -0.39 is 0 Å². The first kappa shape index (κ1) is 17.0. The second kappa shape index (κ2) is 10.7. The highest BCUT2D eigenvalue weighted by Crippen LogP contribution is 2.18. The van der Waals surface area contributed by atoms with E-state index in [1.165, 1.54) is 51.4 Å². The van der Waals surface area contributed by atoms with Crippen molar-refractivity contribution in [3.05, 3.63) is 29.8 Å². The topological polar surface area (TPSA) is 32.3 Å². The minimum atomic E-state index is 0.117. The first-order chi connectivity index (χ1) is 9.80. The van der Waals surface area contributed by atoms with Crippen LogP contribution in [0, 0.1) is 0 Å². The molecule has 0 spiro atoms. The van der Waals surface area contributed by atoms with Crippen molar-refractivity contribution in [2.24, 2.45) is 0 Å². The fraction of sp³-hybridized carbons (Fsp3) is 0.667. The van der Waals surface area contributed by atoms with Crippen LogP contribution in [-0.2, 0) is 6.61 Å². The molecule has 0 saturated carbocycles. The summed E-state index contributed by atoms with van der Waals surface area (Å²) in [6.07, 6.45) is 10.3. The number of anilines is 1. The Morgan fingerprint density at radius 1 is 1.00 bits per heavy atom. The summed E-state index contributed by atoms with van der Waals surface area (Å²) in [5, 5.41) is 12.9. The molecule has 0 heterocycles. The van der Waals surface area contributed by atoms with Crippen LogP contribution in [0.1, 0.15) is 70.8 Å². The number of rotatable bonds is 11. The SMILES string of the molecule is CCCCCC(CCCCC)Nc1cccc(CO)c1. The summed E-state index contributed by atoms with van der Waals surface area (Å²) >= 11 is 0. The van der Waals surface area contributed by atoms with Gasteiger partial charge in [0.25, 0.3) is 0 Å². The van der Waals surface area contributed by atoms with Gasteiger partial charge in [-0.05, 0) is 30.5 Å². The van der Waals surface area contributed by atoms with Gasteiger partial charge in [-0.2, -0.15) is 0 Å². The molecule has 0 amide bonds. The van der Waals surface area contributed by atoms with Crippen molar-refractivity contribution in [3.63, 3.8) is 0 Å². The number of hydrogen-bond donors (Lipinski definition) is 2. The van der Waals surface area contributed by atoms with E-state index in [4.69, 9.17) is 0 Å². The monoisotopic (exact) mass is 277 g/mol. The minimum absolute atomic E-state index is 0.117. The summed E-state index contributed by atoms with van der Waals surface area (Å²) in [7, 11) is 0. The zero-order valence-electron chi connectivity index (χ0n) is 13.2. The van der Waals surface area contributed by atoms with E-state index in [9.17, 15) is 5.11 Å². The lowest BCUT2D eigenvalue weighted by Crippen LogP contribution is -2.19. The van der Waals surface area contributed by atoms with Crippen LogP contribution in [0.3, 0.4) is 0 Å². The highest BCUT2D eigenvalue weighted by molar-refractivity contribution is 5.46. The highest BCUT2D eigenvalue weighted by atomic mass is 16.3. The third-order valence-corrected chi connectivity index (χ3v) is 3.79. The van der Waals surface area contributed by atoms with Gasteiger partial charge in [0.2, 0.25) is 0 Å². The molecule has 2 N–H and O–H groups in total. The summed E-state index contributed by atoms with van der Waals surface area (Å²) in [4.78, 5) is 0. The molecule has 2 heteroatoms. The standard InChI is InChI=1S/C18H31NO/c1-3-5-7-11-17(12-8-6-4-2)19-18-13-9-10-16(14-18)15-20/h9-10,13-14,17,19-20H,3-8,11-12,15H2,1-2H3. The zero-order valence-corrected chi connectivity index (χ0v) is 13.2. The maximum Gasteiger partial charge on any atom is 0.0682 e. The van der Waals surface area contributed by atoms with Crippen molar-refractivity contribution in [2.75, 3.05) is 5.32 Å². The summed E-state index contributed by atoms with van der Waals surface area (Å²) in [6, 6.07) is 8.72. The third kappa shape index (κ3) is 6.95. The molecular formula is C18H31NO. The first-order valence-electron chi connectivity index (χ1n) is 8.26. The Kier molecular flexibility index (Phi) is 9.14. The summed E-state index contributed by atoms with van der Waals surface area (Å²) in [5.41, 5.74) is 2.13. The molecule has 1 aromatic rings. The molecule has 0 aliphatic rings. The Morgan fingerprint density at radius 2 is 1.65 bits per heavy atom. The third-order valence-electron chi connectivity index (χ3n) is 3.79. The maximum atomic E-state index is 9.22. The number of nitrogens with one attached hydrogen (secondary N) is 1. The van der Waals surface area contributed by atoms with Crippen molar-refractivity contribution in [3.8, 4) is 0 Å². The van der Waals surface area contributed by atoms with Gasteiger partial charge < -0.3 is 10.4 Å². The molecule has 1 aromatic carbocycles. The van der Waals surface area contributed by atoms with Gasteiger partial charge in [0.15, 0.2) is 0 Å². The van der Waals surface area contributed by atoms with Crippen molar-refractivity contribution < 1.29 is 5.11 Å². The van der Waals surface area contributed by atoms with E-state index in [-0.39, 0.29) is 6.61 Å². The highest BCUT2D eigenvalue weighted by Gasteiger charge is 2.08. The molecular weight excluding hydrogens is 246 g/mol. The Morgan fingerprint density at radius 3 is 2.20 bits per heavy atom. The number of aliphatic hydroxyl groups is 1. The van der Waals surface area contributed by atoms with Crippen LogP contribution in [0.4, 0.5) is 5.69 Å². The molecule has 0 unspecified atom stereocenters. The molecule has 0 saturated heterocycles. The summed E-state index contributed by atoms with van der Waals surface area (Å²) in [5.74, 6) is 0. The Bertz CT molecular complexity index is 341. The zero-order chi connectivity index (χ0) is 14.6. The lowest BCUT2D eigenvalue weighted by atomic mass is 10.0. The molecule has 0 atom stereocenters.